The Morgan fingerprint density at radius 2 is 2.20 bits per heavy atom. The van der Waals surface area contributed by atoms with Crippen LogP contribution in [0.2, 0.25) is 0 Å². The summed E-state index contributed by atoms with van der Waals surface area (Å²) >= 11 is 3.55. The molecule has 0 aromatic carbocycles. The highest BCUT2D eigenvalue weighted by Crippen LogP contribution is 2.28. The van der Waals surface area contributed by atoms with Gasteiger partial charge < -0.3 is 5.73 Å². The van der Waals surface area contributed by atoms with Crippen molar-refractivity contribution >= 4 is 23.1 Å². The Hall–Kier alpha value is -0.0600. The molecular formula is C11H20N2S2. The summed E-state index contributed by atoms with van der Waals surface area (Å²) in [6.07, 6.45) is 3.11. The molecule has 0 saturated carbocycles. The molecule has 0 radical (unpaired) electrons. The Morgan fingerprint density at radius 1 is 1.53 bits per heavy atom. The molecule has 15 heavy (non-hydrogen) atoms. The second kappa shape index (κ2) is 5.32. The number of thiazole rings is 1. The molecule has 1 aromatic rings. The molecule has 1 heterocycles. The van der Waals surface area contributed by atoms with Crippen LogP contribution in [0.3, 0.4) is 0 Å². The van der Waals surface area contributed by atoms with Gasteiger partial charge in [0.1, 0.15) is 0 Å². The second-order valence-electron chi connectivity index (χ2n) is 4.72. The molecule has 1 atom stereocenters. The lowest BCUT2D eigenvalue weighted by atomic mass is 9.98. The molecule has 0 bridgehead atoms. The zero-order valence-electron chi connectivity index (χ0n) is 9.91. The van der Waals surface area contributed by atoms with Crippen molar-refractivity contribution in [2.45, 2.75) is 38.6 Å². The summed E-state index contributed by atoms with van der Waals surface area (Å²) in [6, 6.07) is 0.102. The predicted octanol–water partition coefficient (Wildman–Crippen LogP) is 3.19. The lowest BCUT2D eigenvalue weighted by molar-refractivity contribution is 0.577. The maximum absolute atomic E-state index is 6.07. The first-order chi connectivity index (χ1) is 6.95. The van der Waals surface area contributed by atoms with Gasteiger partial charge in [-0.1, -0.05) is 20.8 Å². The first-order valence-corrected chi connectivity index (χ1v) is 7.43. The molecule has 2 N–H and O–H groups in total. The van der Waals surface area contributed by atoms with Gasteiger partial charge in [0.2, 0.25) is 0 Å². The summed E-state index contributed by atoms with van der Waals surface area (Å²) in [5.41, 5.74) is 7.26. The number of rotatable bonds is 4. The van der Waals surface area contributed by atoms with Gasteiger partial charge in [-0.15, -0.1) is 11.3 Å². The number of nitrogens with zero attached hydrogens (tertiary/aromatic N) is 1. The summed E-state index contributed by atoms with van der Waals surface area (Å²) < 4.78 is 0. The quantitative estimate of drug-likeness (QED) is 0.884. The van der Waals surface area contributed by atoms with Crippen LogP contribution in [-0.4, -0.2) is 17.0 Å². The van der Waals surface area contributed by atoms with Crippen molar-refractivity contribution in [1.82, 2.24) is 4.98 Å². The molecular weight excluding hydrogens is 224 g/mol. The molecule has 2 nitrogen and oxygen atoms in total. The van der Waals surface area contributed by atoms with Crippen molar-refractivity contribution in [3.8, 4) is 0 Å². The minimum Gasteiger partial charge on any atom is -0.323 e. The Bertz CT molecular complexity index is 302. The van der Waals surface area contributed by atoms with Gasteiger partial charge in [-0.2, -0.15) is 11.8 Å². The van der Waals surface area contributed by atoms with Gasteiger partial charge >= 0.3 is 0 Å². The fraction of sp³-hybridized carbons (Fsp3) is 0.727. The highest BCUT2D eigenvalue weighted by atomic mass is 32.2. The van der Waals surface area contributed by atoms with E-state index in [4.69, 9.17) is 5.73 Å². The topological polar surface area (TPSA) is 38.9 Å². The normalized spacial score (nSPS) is 14.2. The molecule has 1 unspecified atom stereocenters. The lowest BCUT2D eigenvalue weighted by Crippen LogP contribution is -2.14. The summed E-state index contributed by atoms with van der Waals surface area (Å²) in [7, 11) is 0. The number of hydrogen-bond acceptors (Lipinski definition) is 4. The van der Waals surface area contributed by atoms with Gasteiger partial charge in [0.05, 0.1) is 10.7 Å². The van der Waals surface area contributed by atoms with Crippen molar-refractivity contribution in [2.75, 3.05) is 12.0 Å². The zero-order chi connectivity index (χ0) is 11.5. The maximum Gasteiger partial charge on any atom is 0.0982 e. The van der Waals surface area contributed by atoms with Crippen LogP contribution in [0.1, 0.15) is 43.9 Å². The van der Waals surface area contributed by atoms with E-state index in [9.17, 15) is 0 Å². The van der Waals surface area contributed by atoms with Crippen LogP contribution in [0.25, 0.3) is 0 Å². The Kier molecular flexibility index (Phi) is 4.62. The van der Waals surface area contributed by atoms with Crippen molar-refractivity contribution < 1.29 is 0 Å². The van der Waals surface area contributed by atoms with Gasteiger partial charge in [0.15, 0.2) is 0 Å². The predicted molar refractivity (Wildman–Crippen MR) is 70.7 cm³/mol. The van der Waals surface area contributed by atoms with Crippen LogP contribution in [0.15, 0.2) is 5.38 Å². The van der Waals surface area contributed by atoms with E-state index >= 15 is 0 Å². The van der Waals surface area contributed by atoms with Crippen LogP contribution in [-0.2, 0) is 5.41 Å². The summed E-state index contributed by atoms with van der Waals surface area (Å²) in [6.45, 7) is 6.55. The number of thioether (sulfide) groups is 1. The Labute approximate surface area is 101 Å². The summed E-state index contributed by atoms with van der Waals surface area (Å²) in [4.78, 5) is 4.62. The number of nitrogens with two attached hydrogens (primary N) is 1. The van der Waals surface area contributed by atoms with E-state index in [0.29, 0.717) is 0 Å². The van der Waals surface area contributed by atoms with E-state index in [1.165, 1.54) is 5.01 Å². The fourth-order valence-corrected chi connectivity index (χ4v) is 2.65. The average molecular weight is 244 g/mol. The molecule has 0 spiro atoms. The smallest absolute Gasteiger partial charge is 0.0982 e. The molecule has 0 aliphatic carbocycles. The number of aromatic nitrogens is 1. The standard InChI is InChI=1S/C11H20N2S2/c1-11(2,3)10-13-9(7-15-10)8(12)5-6-14-4/h7-8H,5-6,12H2,1-4H3. The summed E-state index contributed by atoms with van der Waals surface area (Å²) in [5, 5.41) is 3.28. The molecule has 0 saturated heterocycles. The zero-order valence-corrected chi connectivity index (χ0v) is 11.5. The molecule has 86 valence electrons. The monoisotopic (exact) mass is 244 g/mol. The Balaban J connectivity index is 2.67. The first-order valence-electron chi connectivity index (χ1n) is 5.15. The molecule has 0 aliphatic heterocycles. The van der Waals surface area contributed by atoms with Crippen molar-refractivity contribution in [1.29, 1.82) is 0 Å². The van der Waals surface area contributed by atoms with Crippen LogP contribution in [0.5, 0.6) is 0 Å². The largest absolute Gasteiger partial charge is 0.323 e. The maximum atomic E-state index is 6.07. The van der Waals surface area contributed by atoms with E-state index < -0.39 is 0 Å². The Morgan fingerprint density at radius 3 is 2.67 bits per heavy atom. The third-order valence-electron chi connectivity index (χ3n) is 2.18. The van der Waals surface area contributed by atoms with Gasteiger partial charge in [0.25, 0.3) is 0 Å². The van der Waals surface area contributed by atoms with Crippen LogP contribution >= 0.6 is 23.1 Å². The highest BCUT2D eigenvalue weighted by molar-refractivity contribution is 7.98. The van der Waals surface area contributed by atoms with Gasteiger partial charge in [0, 0.05) is 16.8 Å². The van der Waals surface area contributed by atoms with E-state index in [-0.39, 0.29) is 11.5 Å². The first kappa shape index (κ1) is 13.0. The van der Waals surface area contributed by atoms with E-state index in [1.54, 1.807) is 11.3 Å². The van der Waals surface area contributed by atoms with Gasteiger partial charge in [-0.25, -0.2) is 4.98 Å². The van der Waals surface area contributed by atoms with Crippen molar-refractivity contribution in [3.05, 3.63) is 16.1 Å². The lowest BCUT2D eigenvalue weighted by Gasteiger charge is -2.14. The number of hydrogen-bond donors (Lipinski definition) is 1. The molecule has 4 heteroatoms. The SMILES string of the molecule is CSCCC(N)c1csc(C(C)(C)C)n1. The van der Waals surface area contributed by atoms with E-state index in [2.05, 4.69) is 37.4 Å². The van der Waals surface area contributed by atoms with E-state index in [0.717, 1.165) is 17.9 Å². The van der Waals surface area contributed by atoms with Gasteiger partial charge in [-0.3, -0.25) is 0 Å². The molecule has 0 amide bonds. The summed E-state index contributed by atoms with van der Waals surface area (Å²) in [5.74, 6) is 1.10. The van der Waals surface area contributed by atoms with Crippen molar-refractivity contribution in [2.24, 2.45) is 5.73 Å². The minimum absolute atomic E-state index is 0.102. The van der Waals surface area contributed by atoms with Crippen molar-refractivity contribution in [3.63, 3.8) is 0 Å². The molecule has 1 aromatic heterocycles. The molecule has 0 aliphatic rings. The van der Waals surface area contributed by atoms with Gasteiger partial charge in [-0.05, 0) is 18.4 Å². The third kappa shape index (κ3) is 3.78. The average Bonchev–Trinajstić information content (AvgIpc) is 2.62. The van der Waals surface area contributed by atoms with Crippen LogP contribution in [0, 0.1) is 0 Å². The molecule has 1 rings (SSSR count). The van der Waals surface area contributed by atoms with E-state index in [1.807, 2.05) is 11.8 Å². The van der Waals surface area contributed by atoms with Crippen LogP contribution in [0.4, 0.5) is 0 Å². The molecule has 0 fully saturated rings. The van der Waals surface area contributed by atoms with Crippen LogP contribution < -0.4 is 5.73 Å². The second-order valence-corrected chi connectivity index (χ2v) is 6.56. The minimum atomic E-state index is 0.102. The fourth-order valence-electron chi connectivity index (χ4n) is 1.19. The third-order valence-corrected chi connectivity index (χ3v) is 4.11. The highest BCUT2D eigenvalue weighted by Gasteiger charge is 2.19.